The van der Waals surface area contributed by atoms with Gasteiger partial charge in [-0.3, -0.25) is 9.10 Å². The molecule has 0 fully saturated rings. The molecule has 0 bridgehead atoms. The van der Waals surface area contributed by atoms with E-state index in [4.69, 9.17) is 0 Å². The average Bonchev–Trinajstić information content (AvgIpc) is 2.85. The lowest BCUT2D eigenvalue weighted by Crippen LogP contribution is -2.42. The van der Waals surface area contributed by atoms with Crippen molar-refractivity contribution >= 4 is 33.4 Å². The van der Waals surface area contributed by atoms with Crippen LogP contribution < -0.4 is 9.62 Å². The summed E-state index contributed by atoms with van der Waals surface area (Å²) in [6.07, 6.45) is 3.57. The van der Waals surface area contributed by atoms with Gasteiger partial charge in [0.05, 0.1) is 10.6 Å². The normalized spacial score (nSPS) is 12.2. The number of hydrogen-bond donors (Lipinski definition) is 1. The topological polar surface area (TPSA) is 66.5 Å². The number of hydrogen-bond acceptors (Lipinski definition) is 4. The smallest absolute Gasteiger partial charge is 0.264 e. The molecule has 0 aromatic heterocycles. The molecule has 0 aliphatic rings. The summed E-state index contributed by atoms with van der Waals surface area (Å²) < 4.78 is 41.8. The third-order valence-corrected chi connectivity index (χ3v) is 8.09. The summed E-state index contributed by atoms with van der Waals surface area (Å²) >= 11 is 1.50. The van der Waals surface area contributed by atoms with Crippen molar-refractivity contribution in [1.82, 2.24) is 5.32 Å². The van der Waals surface area contributed by atoms with Crippen LogP contribution in [0.1, 0.15) is 18.9 Å². The molecule has 0 aliphatic heterocycles. The predicted octanol–water partition coefficient (Wildman–Crippen LogP) is 5.13. The second-order valence-electron chi connectivity index (χ2n) is 7.94. The number of carbonyl (C=O) groups is 1. The highest BCUT2D eigenvalue weighted by molar-refractivity contribution is 7.98. The fourth-order valence-corrected chi connectivity index (χ4v) is 5.40. The van der Waals surface area contributed by atoms with Gasteiger partial charge in [-0.15, -0.1) is 11.8 Å². The number of sulfonamides is 1. The van der Waals surface area contributed by atoms with E-state index >= 15 is 0 Å². The molecule has 1 unspecified atom stereocenters. The first kappa shape index (κ1) is 25.8. The Balaban J connectivity index is 1.77. The Bertz CT molecular complexity index is 1190. The molecule has 8 heteroatoms. The van der Waals surface area contributed by atoms with Gasteiger partial charge in [-0.05, 0) is 66.6 Å². The number of carbonyl (C=O) groups excluding carboxylic acids is 1. The maximum absolute atomic E-state index is 13.9. The number of anilines is 1. The standard InChI is InChI=1S/C26H29FN2O3S2/c1-3-20(16-21-8-5-4-6-9-21)18-28-26(30)19-29(23-11-7-10-22(27)17-23)34(31,32)25-14-12-24(33-2)13-15-25/h4-15,17,20H,3,16,18-19H2,1-2H3,(H,28,30). The molecule has 0 spiro atoms. The van der Waals surface area contributed by atoms with Crippen LogP contribution in [0.5, 0.6) is 0 Å². The van der Waals surface area contributed by atoms with Crippen LogP contribution in [0.4, 0.5) is 10.1 Å². The monoisotopic (exact) mass is 500 g/mol. The van der Waals surface area contributed by atoms with Crippen molar-refractivity contribution in [1.29, 1.82) is 0 Å². The second kappa shape index (κ2) is 12.0. The zero-order valence-corrected chi connectivity index (χ0v) is 20.9. The number of thioether (sulfide) groups is 1. The van der Waals surface area contributed by atoms with E-state index in [1.807, 2.05) is 36.6 Å². The van der Waals surface area contributed by atoms with Crippen LogP contribution in [0.25, 0.3) is 0 Å². The first-order chi connectivity index (χ1) is 16.3. The van der Waals surface area contributed by atoms with E-state index in [9.17, 15) is 17.6 Å². The molecule has 180 valence electrons. The van der Waals surface area contributed by atoms with Gasteiger partial charge in [-0.25, -0.2) is 12.8 Å². The highest BCUT2D eigenvalue weighted by Gasteiger charge is 2.27. The van der Waals surface area contributed by atoms with Crippen molar-refractivity contribution in [3.8, 4) is 0 Å². The molecule has 3 aromatic rings. The van der Waals surface area contributed by atoms with Gasteiger partial charge in [0.25, 0.3) is 10.0 Å². The molecular formula is C26H29FN2O3S2. The number of nitrogens with one attached hydrogen (secondary N) is 1. The molecule has 34 heavy (non-hydrogen) atoms. The molecule has 1 amide bonds. The quantitative estimate of drug-likeness (QED) is 0.371. The molecule has 0 aliphatic carbocycles. The Morgan fingerprint density at radius 2 is 1.74 bits per heavy atom. The maximum atomic E-state index is 13.9. The van der Waals surface area contributed by atoms with E-state index in [2.05, 4.69) is 12.2 Å². The summed E-state index contributed by atoms with van der Waals surface area (Å²) in [5, 5.41) is 2.87. The van der Waals surface area contributed by atoms with Crippen LogP contribution in [-0.4, -0.2) is 33.7 Å². The lowest BCUT2D eigenvalue weighted by Gasteiger charge is -2.25. The summed E-state index contributed by atoms with van der Waals surface area (Å²) in [6.45, 7) is 2.03. The molecule has 0 saturated carbocycles. The highest BCUT2D eigenvalue weighted by Crippen LogP contribution is 2.26. The van der Waals surface area contributed by atoms with Crippen LogP contribution in [-0.2, 0) is 21.2 Å². The molecule has 0 heterocycles. The fourth-order valence-electron chi connectivity index (χ4n) is 3.57. The minimum Gasteiger partial charge on any atom is -0.354 e. The summed E-state index contributed by atoms with van der Waals surface area (Å²) in [7, 11) is -4.09. The SMILES string of the molecule is CCC(CNC(=O)CN(c1cccc(F)c1)S(=O)(=O)c1ccc(SC)cc1)Cc1ccccc1. The lowest BCUT2D eigenvalue weighted by atomic mass is 9.97. The van der Waals surface area contributed by atoms with E-state index in [1.165, 1.54) is 47.7 Å². The molecule has 0 saturated heterocycles. The zero-order valence-electron chi connectivity index (χ0n) is 19.3. The van der Waals surface area contributed by atoms with Crippen molar-refractivity contribution in [2.45, 2.75) is 29.6 Å². The minimum absolute atomic E-state index is 0.0397. The molecular weight excluding hydrogens is 471 g/mol. The van der Waals surface area contributed by atoms with Crippen molar-refractivity contribution in [3.63, 3.8) is 0 Å². The average molecular weight is 501 g/mol. The second-order valence-corrected chi connectivity index (χ2v) is 10.7. The van der Waals surface area contributed by atoms with E-state index in [0.29, 0.717) is 6.54 Å². The van der Waals surface area contributed by atoms with Gasteiger partial charge >= 0.3 is 0 Å². The van der Waals surface area contributed by atoms with Gasteiger partial charge in [0, 0.05) is 11.4 Å². The highest BCUT2D eigenvalue weighted by atomic mass is 32.2. The summed E-state index contributed by atoms with van der Waals surface area (Å²) in [6, 6.07) is 21.7. The van der Waals surface area contributed by atoms with Crippen molar-refractivity contribution in [2.75, 3.05) is 23.7 Å². The van der Waals surface area contributed by atoms with Gasteiger partial charge < -0.3 is 5.32 Å². The Morgan fingerprint density at radius 3 is 2.35 bits per heavy atom. The predicted molar refractivity (Wildman–Crippen MR) is 136 cm³/mol. The Kier molecular flexibility index (Phi) is 9.12. The van der Waals surface area contributed by atoms with E-state index < -0.39 is 28.3 Å². The van der Waals surface area contributed by atoms with Crippen LogP contribution in [0.15, 0.2) is 88.7 Å². The Morgan fingerprint density at radius 1 is 1.03 bits per heavy atom. The molecule has 5 nitrogen and oxygen atoms in total. The van der Waals surface area contributed by atoms with Crippen molar-refractivity contribution in [2.24, 2.45) is 5.92 Å². The number of amides is 1. The van der Waals surface area contributed by atoms with Crippen LogP contribution in [0, 0.1) is 11.7 Å². The van der Waals surface area contributed by atoms with Crippen molar-refractivity contribution in [3.05, 3.63) is 90.2 Å². The lowest BCUT2D eigenvalue weighted by molar-refractivity contribution is -0.119. The van der Waals surface area contributed by atoms with E-state index in [0.717, 1.165) is 28.1 Å². The van der Waals surface area contributed by atoms with Crippen LogP contribution in [0.3, 0.4) is 0 Å². The van der Waals surface area contributed by atoms with Crippen molar-refractivity contribution < 1.29 is 17.6 Å². The van der Waals surface area contributed by atoms with Gasteiger partial charge in [-0.2, -0.15) is 0 Å². The van der Waals surface area contributed by atoms with E-state index in [1.54, 1.807) is 12.1 Å². The fraction of sp³-hybridized carbons (Fsp3) is 0.269. The Labute approximate surface area is 205 Å². The maximum Gasteiger partial charge on any atom is 0.264 e. The van der Waals surface area contributed by atoms with Gasteiger partial charge in [0.2, 0.25) is 5.91 Å². The third kappa shape index (κ3) is 6.84. The summed E-state index contributed by atoms with van der Waals surface area (Å²) in [5.74, 6) is -0.811. The first-order valence-electron chi connectivity index (χ1n) is 11.1. The Hall–Kier alpha value is -2.84. The first-order valence-corrected chi connectivity index (χ1v) is 13.7. The molecule has 0 radical (unpaired) electrons. The van der Waals surface area contributed by atoms with E-state index in [-0.39, 0.29) is 16.5 Å². The molecule has 3 rings (SSSR count). The number of benzene rings is 3. The zero-order chi connectivity index (χ0) is 24.6. The van der Waals surface area contributed by atoms with Gasteiger partial charge in [-0.1, -0.05) is 49.7 Å². The van der Waals surface area contributed by atoms with Crippen LogP contribution >= 0.6 is 11.8 Å². The van der Waals surface area contributed by atoms with Gasteiger partial charge in [0.1, 0.15) is 12.4 Å². The largest absolute Gasteiger partial charge is 0.354 e. The third-order valence-electron chi connectivity index (χ3n) is 5.56. The van der Waals surface area contributed by atoms with Crippen LogP contribution in [0.2, 0.25) is 0 Å². The number of halogens is 1. The minimum atomic E-state index is -4.09. The number of rotatable bonds is 11. The molecule has 1 N–H and O–H groups in total. The van der Waals surface area contributed by atoms with Gasteiger partial charge in [0.15, 0.2) is 0 Å². The number of nitrogens with zero attached hydrogens (tertiary/aromatic N) is 1. The molecule has 3 aromatic carbocycles. The molecule has 1 atom stereocenters. The summed E-state index contributed by atoms with van der Waals surface area (Å²) in [5.41, 5.74) is 1.28. The summed E-state index contributed by atoms with van der Waals surface area (Å²) in [4.78, 5) is 13.8.